The Kier molecular flexibility index (Phi) is 3.17. The molecule has 0 aromatic rings. The van der Waals surface area contributed by atoms with Gasteiger partial charge in [0.15, 0.2) is 0 Å². The maximum atomic E-state index is 5.42. The number of nitrogens with two attached hydrogens (primary N) is 1. The monoisotopic (exact) mass is 242 g/mol. The minimum Gasteiger partial charge on any atom is -0.358 e. The normalized spacial score (nSPS) is 35.3. The smallest absolute Gasteiger partial charge is 0.120 e. The van der Waals surface area contributed by atoms with Gasteiger partial charge in [-0.3, -0.25) is 5.84 Å². The molecule has 2 atom stereocenters. The zero-order chi connectivity index (χ0) is 6.69. The predicted octanol–water partition coefficient (Wildman–Crippen LogP) is 0.390. The lowest BCUT2D eigenvalue weighted by Crippen LogP contribution is -2.35. The average Bonchev–Trinajstić information content (AvgIpc) is 2.34. The Labute approximate surface area is 68.4 Å². The van der Waals surface area contributed by atoms with Crippen LogP contribution in [0.15, 0.2) is 0 Å². The lowest BCUT2D eigenvalue weighted by Gasteiger charge is -2.09. The fourth-order valence-electron chi connectivity index (χ4n) is 0.942. The summed E-state index contributed by atoms with van der Waals surface area (Å²) in [6, 6.07) is 0. The van der Waals surface area contributed by atoms with E-state index in [4.69, 9.17) is 10.6 Å². The van der Waals surface area contributed by atoms with Crippen molar-refractivity contribution in [1.29, 1.82) is 0 Å². The van der Waals surface area contributed by atoms with Crippen molar-refractivity contribution < 1.29 is 4.74 Å². The Morgan fingerprint density at radius 3 is 2.78 bits per heavy atom. The summed E-state index contributed by atoms with van der Waals surface area (Å²) < 4.78 is 6.48. The molecule has 3 nitrogen and oxygen atoms in total. The van der Waals surface area contributed by atoms with Gasteiger partial charge in [0.25, 0.3) is 0 Å². The van der Waals surface area contributed by atoms with E-state index in [1.54, 1.807) is 0 Å². The van der Waals surface area contributed by atoms with Crippen LogP contribution in [-0.4, -0.2) is 16.8 Å². The Morgan fingerprint density at radius 1 is 1.67 bits per heavy atom. The Hall–Kier alpha value is 0.610. The third-order valence-corrected chi connectivity index (χ3v) is 2.45. The molecule has 0 spiro atoms. The van der Waals surface area contributed by atoms with Crippen molar-refractivity contribution in [2.24, 2.45) is 5.84 Å². The van der Waals surface area contributed by atoms with Crippen molar-refractivity contribution in [1.82, 2.24) is 5.43 Å². The molecule has 1 fully saturated rings. The van der Waals surface area contributed by atoms with E-state index in [0.717, 1.165) is 17.3 Å². The summed E-state index contributed by atoms with van der Waals surface area (Å²) in [6.45, 7) is 0. The molecule has 4 heteroatoms. The highest BCUT2D eigenvalue weighted by Gasteiger charge is 2.22. The molecule has 0 bridgehead atoms. The fraction of sp³-hybridized carbons (Fsp3) is 1.00. The molecule has 1 heterocycles. The molecule has 0 aromatic carbocycles. The number of ether oxygens (including phenoxy) is 1. The molecule has 1 aliphatic heterocycles. The van der Waals surface area contributed by atoms with Crippen molar-refractivity contribution in [2.45, 2.75) is 25.2 Å². The van der Waals surface area contributed by atoms with Crippen LogP contribution in [-0.2, 0) is 4.74 Å². The number of halogens is 1. The van der Waals surface area contributed by atoms with Gasteiger partial charge in [-0.25, -0.2) is 5.43 Å². The number of hydrogen-bond acceptors (Lipinski definition) is 3. The van der Waals surface area contributed by atoms with Crippen molar-refractivity contribution in [2.75, 3.05) is 4.43 Å². The first-order valence-corrected chi connectivity index (χ1v) is 4.57. The molecule has 0 unspecified atom stereocenters. The van der Waals surface area contributed by atoms with Crippen molar-refractivity contribution in [3.05, 3.63) is 0 Å². The maximum Gasteiger partial charge on any atom is 0.120 e. The van der Waals surface area contributed by atoms with E-state index < -0.39 is 0 Å². The molecule has 1 rings (SSSR count). The Balaban J connectivity index is 2.20. The van der Waals surface area contributed by atoms with Gasteiger partial charge < -0.3 is 4.74 Å². The summed E-state index contributed by atoms with van der Waals surface area (Å²) >= 11 is 2.32. The first-order valence-electron chi connectivity index (χ1n) is 3.04. The van der Waals surface area contributed by atoms with Crippen LogP contribution >= 0.6 is 22.6 Å². The zero-order valence-electron chi connectivity index (χ0n) is 5.14. The van der Waals surface area contributed by atoms with E-state index in [9.17, 15) is 0 Å². The first kappa shape index (κ1) is 7.71. The van der Waals surface area contributed by atoms with Crippen LogP contribution in [0.5, 0.6) is 0 Å². The van der Waals surface area contributed by atoms with Crippen LogP contribution in [0, 0.1) is 0 Å². The van der Waals surface area contributed by atoms with Gasteiger partial charge in [0, 0.05) is 4.43 Å². The third-order valence-electron chi connectivity index (χ3n) is 1.47. The number of alkyl halides is 1. The molecule has 1 aliphatic rings. The highest BCUT2D eigenvalue weighted by atomic mass is 127. The summed E-state index contributed by atoms with van der Waals surface area (Å²) in [5, 5.41) is 0. The highest BCUT2D eigenvalue weighted by Crippen LogP contribution is 2.18. The highest BCUT2D eigenvalue weighted by molar-refractivity contribution is 14.1. The molecular formula is C5H11IN2O. The average molecular weight is 242 g/mol. The fourth-order valence-corrected chi connectivity index (χ4v) is 1.59. The van der Waals surface area contributed by atoms with Gasteiger partial charge in [0.2, 0.25) is 0 Å². The van der Waals surface area contributed by atoms with E-state index in [1.807, 2.05) is 0 Å². The Morgan fingerprint density at radius 2 is 2.44 bits per heavy atom. The minimum absolute atomic E-state index is 0.102. The van der Waals surface area contributed by atoms with E-state index in [2.05, 4.69) is 28.0 Å². The van der Waals surface area contributed by atoms with Gasteiger partial charge in [-0.2, -0.15) is 0 Å². The van der Waals surface area contributed by atoms with Gasteiger partial charge in [0.1, 0.15) is 6.23 Å². The summed E-state index contributed by atoms with van der Waals surface area (Å²) in [4.78, 5) is 0. The molecule has 3 N–H and O–H groups in total. The second-order valence-electron chi connectivity index (χ2n) is 2.15. The molecule has 0 aliphatic carbocycles. The summed E-state index contributed by atoms with van der Waals surface area (Å²) in [5.74, 6) is 5.17. The van der Waals surface area contributed by atoms with Crippen LogP contribution < -0.4 is 11.3 Å². The van der Waals surface area contributed by atoms with E-state index in [0.29, 0.717) is 6.10 Å². The SMILES string of the molecule is NN[C@H]1CC[C@@H](CI)O1. The van der Waals surface area contributed by atoms with Gasteiger partial charge in [-0.1, -0.05) is 22.6 Å². The molecule has 1 saturated heterocycles. The van der Waals surface area contributed by atoms with Crippen molar-refractivity contribution >= 4 is 22.6 Å². The lowest BCUT2D eigenvalue weighted by atomic mass is 10.2. The van der Waals surface area contributed by atoms with Crippen LogP contribution in [0.4, 0.5) is 0 Å². The number of hydrazine groups is 1. The van der Waals surface area contributed by atoms with E-state index >= 15 is 0 Å². The van der Waals surface area contributed by atoms with E-state index in [1.165, 1.54) is 0 Å². The lowest BCUT2D eigenvalue weighted by molar-refractivity contribution is 0.0392. The molecule has 54 valence electrons. The number of hydrogen-bond donors (Lipinski definition) is 2. The minimum atomic E-state index is 0.102. The topological polar surface area (TPSA) is 47.3 Å². The Bertz CT molecular complexity index is 81.0. The van der Waals surface area contributed by atoms with E-state index in [-0.39, 0.29) is 6.23 Å². The van der Waals surface area contributed by atoms with Crippen LogP contribution in [0.1, 0.15) is 12.8 Å². The summed E-state index contributed by atoms with van der Waals surface area (Å²) in [5.41, 5.74) is 2.60. The van der Waals surface area contributed by atoms with Gasteiger partial charge in [-0.05, 0) is 12.8 Å². The van der Waals surface area contributed by atoms with Crippen molar-refractivity contribution in [3.8, 4) is 0 Å². The second kappa shape index (κ2) is 3.70. The molecule has 0 saturated carbocycles. The predicted molar refractivity (Wildman–Crippen MR) is 44.1 cm³/mol. The summed E-state index contributed by atoms with van der Waals surface area (Å²) in [6.07, 6.45) is 2.71. The number of nitrogens with one attached hydrogen (secondary N) is 1. The number of rotatable bonds is 2. The molecule has 0 amide bonds. The largest absolute Gasteiger partial charge is 0.358 e. The molecular weight excluding hydrogens is 231 g/mol. The second-order valence-corrected chi connectivity index (χ2v) is 3.03. The molecule has 9 heavy (non-hydrogen) atoms. The third kappa shape index (κ3) is 2.03. The van der Waals surface area contributed by atoms with Crippen molar-refractivity contribution in [3.63, 3.8) is 0 Å². The van der Waals surface area contributed by atoms with Crippen LogP contribution in [0.2, 0.25) is 0 Å². The van der Waals surface area contributed by atoms with Gasteiger partial charge in [-0.15, -0.1) is 0 Å². The maximum absolute atomic E-state index is 5.42. The summed E-state index contributed by atoms with van der Waals surface area (Å²) in [7, 11) is 0. The van der Waals surface area contributed by atoms with Gasteiger partial charge >= 0.3 is 0 Å². The van der Waals surface area contributed by atoms with Gasteiger partial charge in [0.05, 0.1) is 6.10 Å². The van der Waals surface area contributed by atoms with Crippen LogP contribution in [0.3, 0.4) is 0 Å². The first-order chi connectivity index (χ1) is 4.36. The molecule has 0 aromatic heterocycles. The zero-order valence-corrected chi connectivity index (χ0v) is 7.30. The molecule has 0 radical (unpaired) electrons. The van der Waals surface area contributed by atoms with Crippen LogP contribution in [0.25, 0.3) is 0 Å². The quantitative estimate of drug-likeness (QED) is 0.318. The standard InChI is InChI=1S/C5H11IN2O/c6-3-4-1-2-5(8-7)9-4/h4-5,8H,1-3,7H2/t4-,5+/m0/s1.